The molecular weight excluding hydrogens is 242 g/mol. The Kier molecular flexibility index (Phi) is 3.71. The number of nitrogens with one attached hydrogen (secondary N) is 1. The van der Waals surface area contributed by atoms with Gasteiger partial charge in [-0.3, -0.25) is 4.79 Å². The van der Waals surface area contributed by atoms with Gasteiger partial charge in [0.2, 0.25) is 0 Å². The predicted molar refractivity (Wildman–Crippen MR) is 73.5 cm³/mol. The largest absolute Gasteiger partial charge is 0.508 e. The van der Waals surface area contributed by atoms with Gasteiger partial charge in [-0.15, -0.1) is 0 Å². The van der Waals surface area contributed by atoms with Crippen LogP contribution in [0.4, 0.5) is 5.69 Å². The third-order valence-electron chi connectivity index (χ3n) is 2.87. The van der Waals surface area contributed by atoms with Crippen LogP contribution < -0.4 is 5.32 Å². The molecule has 2 aromatic rings. The molecule has 0 radical (unpaired) electrons. The number of hydrogen-bond donors (Lipinski definition) is 3. The van der Waals surface area contributed by atoms with E-state index in [4.69, 9.17) is 0 Å². The van der Waals surface area contributed by atoms with Crippen LogP contribution in [0.3, 0.4) is 0 Å². The van der Waals surface area contributed by atoms with Gasteiger partial charge >= 0.3 is 0 Å². The number of amides is 1. The lowest BCUT2D eigenvalue weighted by atomic mass is 10.1. The van der Waals surface area contributed by atoms with Gasteiger partial charge in [0.15, 0.2) is 0 Å². The van der Waals surface area contributed by atoms with Crippen LogP contribution in [0.5, 0.6) is 11.5 Å². The summed E-state index contributed by atoms with van der Waals surface area (Å²) in [5.74, 6) is -0.676. The first-order chi connectivity index (χ1) is 9.11. The van der Waals surface area contributed by atoms with Gasteiger partial charge in [-0.1, -0.05) is 25.1 Å². The molecule has 4 nitrogen and oxygen atoms in total. The molecule has 98 valence electrons. The molecule has 0 fully saturated rings. The van der Waals surface area contributed by atoms with Crippen LogP contribution in [0, 0.1) is 0 Å². The molecule has 0 saturated heterocycles. The van der Waals surface area contributed by atoms with Crippen molar-refractivity contribution < 1.29 is 15.0 Å². The lowest BCUT2D eigenvalue weighted by molar-refractivity contribution is 0.102. The molecule has 0 aliphatic heterocycles. The number of rotatable bonds is 3. The van der Waals surface area contributed by atoms with Gasteiger partial charge in [-0.05, 0) is 36.2 Å². The van der Waals surface area contributed by atoms with Crippen molar-refractivity contribution in [3.63, 3.8) is 0 Å². The molecule has 4 heteroatoms. The fraction of sp³-hybridized carbons (Fsp3) is 0.133. The minimum absolute atomic E-state index is 0.0471. The summed E-state index contributed by atoms with van der Waals surface area (Å²) in [5, 5.41) is 21.7. The van der Waals surface area contributed by atoms with Crippen molar-refractivity contribution in [2.24, 2.45) is 0 Å². The molecule has 2 rings (SSSR count). The van der Waals surface area contributed by atoms with E-state index in [2.05, 4.69) is 5.32 Å². The lowest BCUT2D eigenvalue weighted by Crippen LogP contribution is -2.13. The van der Waals surface area contributed by atoms with Crippen LogP contribution in [-0.4, -0.2) is 16.1 Å². The van der Waals surface area contributed by atoms with Crippen LogP contribution in [-0.2, 0) is 6.42 Å². The van der Waals surface area contributed by atoms with Gasteiger partial charge < -0.3 is 15.5 Å². The fourth-order valence-corrected chi connectivity index (χ4v) is 1.85. The van der Waals surface area contributed by atoms with E-state index in [1.165, 1.54) is 18.2 Å². The van der Waals surface area contributed by atoms with E-state index < -0.39 is 5.91 Å². The number of hydrogen-bond acceptors (Lipinski definition) is 3. The molecule has 1 amide bonds. The van der Waals surface area contributed by atoms with E-state index in [1.807, 2.05) is 25.1 Å². The smallest absolute Gasteiger partial charge is 0.259 e. The van der Waals surface area contributed by atoms with Gasteiger partial charge in [0.25, 0.3) is 5.91 Å². The SMILES string of the molecule is CCc1ccccc1NC(=O)c1cc(O)ccc1O. The number of phenols is 2. The van der Waals surface area contributed by atoms with E-state index in [1.54, 1.807) is 6.07 Å². The van der Waals surface area contributed by atoms with Gasteiger partial charge in [0, 0.05) is 5.69 Å². The Bertz CT molecular complexity index is 608. The van der Waals surface area contributed by atoms with E-state index in [0.717, 1.165) is 12.0 Å². The van der Waals surface area contributed by atoms with E-state index in [9.17, 15) is 15.0 Å². The van der Waals surface area contributed by atoms with Crippen molar-refractivity contribution in [2.45, 2.75) is 13.3 Å². The molecule has 3 N–H and O–H groups in total. The van der Waals surface area contributed by atoms with Crippen molar-refractivity contribution in [3.8, 4) is 11.5 Å². The van der Waals surface area contributed by atoms with Crippen LogP contribution in [0.25, 0.3) is 0 Å². The van der Waals surface area contributed by atoms with Crippen molar-refractivity contribution in [1.82, 2.24) is 0 Å². The highest BCUT2D eigenvalue weighted by atomic mass is 16.3. The van der Waals surface area contributed by atoms with Crippen molar-refractivity contribution in [3.05, 3.63) is 53.6 Å². The summed E-state index contributed by atoms with van der Waals surface area (Å²) in [5.41, 5.74) is 1.76. The summed E-state index contributed by atoms with van der Waals surface area (Å²) >= 11 is 0. The zero-order valence-electron chi connectivity index (χ0n) is 10.6. The Morgan fingerprint density at radius 3 is 2.63 bits per heavy atom. The number of carbonyl (C=O) groups excluding carboxylic acids is 1. The fourth-order valence-electron chi connectivity index (χ4n) is 1.85. The van der Waals surface area contributed by atoms with E-state index in [0.29, 0.717) is 5.69 Å². The zero-order valence-corrected chi connectivity index (χ0v) is 10.6. The number of aromatic hydroxyl groups is 2. The molecular formula is C15H15NO3. The second-order valence-corrected chi connectivity index (χ2v) is 4.17. The highest BCUT2D eigenvalue weighted by molar-refractivity contribution is 6.06. The molecule has 0 aliphatic carbocycles. The molecule has 0 aromatic heterocycles. The molecule has 0 aliphatic rings. The normalized spacial score (nSPS) is 10.2. The maximum Gasteiger partial charge on any atom is 0.259 e. The minimum atomic E-state index is -0.450. The van der Waals surface area contributed by atoms with E-state index in [-0.39, 0.29) is 17.1 Å². The van der Waals surface area contributed by atoms with Crippen LogP contribution in [0.2, 0.25) is 0 Å². The molecule has 0 atom stereocenters. The Morgan fingerprint density at radius 2 is 1.89 bits per heavy atom. The summed E-state index contributed by atoms with van der Waals surface area (Å²) in [6.07, 6.45) is 0.794. The molecule has 0 unspecified atom stereocenters. The summed E-state index contributed by atoms with van der Waals surface area (Å²) in [4.78, 5) is 12.1. The summed E-state index contributed by atoms with van der Waals surface area (Å²) in [6, 6.07) is 11.3. The molecule has 0 bridgehead atoms. The highest BCUT2D eigenvalue weighted by Gasteiger charge is 2.13. The van der Waals surface area contributed by atoms with Crippen LogP contribution in [0.15, 0.2) is 42.5 Å². The van der Waals surface area contributed by atoms with Crippen LogP contribution >= 0.6 is 0 Å². The Labute approximate surface area is 111 Å². The molecule has 0 spiro atoms. The van der Waals surface area contributed by atoms with Crippen molar-refractivity contribution >= 4 is 11.6 Å². The van der Waals surface area contributed by atoms with E-state index >= 15 is 0 Å². The molecule has 0 saturated carbocycles. The molecule has 0 heterocycles. The first kappa shape index (κ1) is 13.0. The quantitative estimate of drug-likeness (QED) is 0.740. The predicted octanol–water partition coefficient (Wildman–Crippen LogP) is 2.91. The number of aryl methyl sites for hydroxylation is 1. The second-order valence-electron chi connectivity index (χ2n) is 4.17. The van der Waals surface area contributed by atoms with Crippen molar-refractivity contribution in [1.29, 1.82) is 0 Å². The highest BCUT2D eigenvalue weighted by Crippen LogP contribution is 2.24. The maximum absolute atomic E-state index is 12.1. The monoisotopic (exact) mass is 257 g/mol. The second kappa shape index (κ2) is 5.44. The van der Waals surface area contributed by atoms with Crippen molar-refractivity contribution in [2.75, 3.05) is 5.32 Å². The number of phenolic OH excluding ortho intramolecular Hbond substituents is 2. The third-order valence-corrected chi connectivity index (χ3v) is 2.87. The number of carbonyl (C=O) groups is 1. The number of anilines is 1. The topological polar surface area (TPSA) is 69.6 Å². The van der Waals surface area contributed by atoms with Gasteiger partial charge in [0.05, 0.1) is 5.56 Å². The summed E-state index contributed by atoms with van der Waals surface area (Å²) in [6.45, 7) is 2.00. The lowest BCUT2D eigenvalue weighted by Gasteiger charge is -2.10. The Morgan fingerprint density at radius 1 is 1.16 bits per heavy atom. The third kappa shape index (κ3) is 2.85. The van der Waals surface area contributed by atoms with Crippen LogP contribution in [0.1, 0.15) is 22.8 Å². The molecule has 2 aromatic carbocycles. The maximum atomic E-state index is 12.1. The minimum Gasteiger partial charge on any atom is -0.508 e. The molecule has 19 heavy (non-hydrogen) atoms. The average molecular weight is 257 g/mol. The zero-order chi connectivity index (χ0) is 13.8. The number of benzene rings is 2. The Hall–Kier alpha value is -2.49. The summed E-state index contributed by atoms with van der Waals surface area (Å²) < 4.78 is 0. The van der Waals surface area contributed by atoms with Gasteiger partial charge in [0.1, 0.15) is 11.5 Å². The van der Waals surface area contributed by atoms with Gasteiger partial charge in [-0.2, -0.15) is 0 Å². The van der Waals surface area contributed by atoms with Gasteiger partial charge in [-0.25, -0.2) is 0 Å². The first-order valence-electron chi connectivity index (χ1n) is 6.03. The average Bonchev–Trinajstić information content (AvgIpc) is 2.42. The number of para-hydroxylation sites is 1. The Balaban J connectivity index is 2.28. The standard InChI is InChI=1S/C15H15NO3/c1-2-10-5-3-4-6-13(10)16-15(19)12-9-11(17)7-8-14(12)18/h3-9,17-18H,2H2,1H3,(H,16,19). The first-order valence-corrected chi connectivity index (χ1v) is 6.03. The summed E-state index contributed by atoms with van der Waals surface area (Å²) in [7, 11) is 0.